The van der Waals surface area contributed by atoms with Crippen molar-refractivity contribution in [2.45, 2.75) is 58.9 Å². The second-order valence-electron chi connectivity index (χ2n) is 9.46. The Morgan fingerprint density at radius 3 is 2.66 bits per heavy atom. The zero-order valence-electron chi connectivity index (χ0n) is 20.4. The van der Waals surface area contributed by atoms with Gasteiger partial charge in [0.15, 0.2) is 5.65 Å². The summed E-state index contributed by atoms with van der Waals surface area (Å²) in [6.07, 6.45) is 5.42. The fourth-order valence-electron chi connectivity index (χ4n) is 5.60. The lowest BCUT2D eigenvalue weighted by Crippen LogP contribution is -2.15. The summed E-state index contributed by atoms with van der Waals surface area (Å²) in [6.45, 7) is 6.40. The zero-order valence-corrected chi connectivity index (χ0v) is 20.4. The number of imidazole rings is 1. The molecular weight excluding hydrogens is 434 g/mol. The first-order chi connectivity index (χ1) is 17.1. The van der Waals surface area contributed by atoms with Gasteiger partial charge in [-0.3, -0.25) is 0 Å². The molecule has 0 fully saturated rings. The van der Waals surface area contributed by atoms with Gasteiger partial charge in [0.25, 0.3) is 0 Å². The summed E-state index contributed by atoms with van der Waals surface area (Å²) in [5.74, 6) is 1.73. The van der Waals surface area contributed by atoms with E-state index in [2.05, 4.69) is 88.4 Å². The van der Waals surface area contributed by atoms with Gasteiger partial charge in [-0.1, -0.05) is 55.8 Å². The van der Waals surface area contributed by atoms with Crippen LogP contribution in [-0.2, 0) is 12.8 Å². The minimum absolute atomic E-state index is 0.239. The summed E-state index contributed by atoms with van der Waals surface area (Å²) in [4.78, 5) is 10.0. The van der Waals surface area contributed by atoms with Gasteiger partial charge in [-0.05, 0) is 72.2 Å². The van der Waals surface area contributed by atoms with Crippen LogP contribution in [0, 0.1) is 13.8 Å². The van der Waals surface area contributed by atoms with Crippen LogP contribution in [0.4, 0.5) is 0 Å². The van der Waals surface area contributed by atoms with E-state index in [1.54, 1.807) is 0 Å². The van der Waals surface area contributed by atoms with Crippen LogP contribution in [0.25, 0.3) is 33.7 Å². The molecule has 5 aromatic rings. The number of aryl methyl sites for hydroxylation is 4. The number of rotatable bonds is 4. The Hall–Kier alpha value is -3.87. The molecule has 6 rings (SSSR count). The van der Waals surface area contributed by atoms with E-state index in [-0.39, 0.29) is 6.04 Å². The van der Waals surface area contributed by atoms with Crippen LogP contribution in [0.1, 0.15) is 60.4 Å². The average molecular weight is 464 g/mol. The third-order valence-electron chi connectivity index (χ3n) is 7.17. The molecule has 7 heteroatoms. The van der Waals surface area contributed by atoms with Crippen LogP contribution in [0.5, 0.6) is 0 Å². The lowest BCUT2D eigenvalue weighted by Gasteiger charge is -2.23. The van der Waals surface area contributed by atoms with Crippen LogP contribution < -0.4 is 0 Å². The van der Waals surface area contributed by atoms with E-state index in [0.29, 0.717) is 5.82 Å². The highest BCUT2D eigenvalue weighted by atomic mass is 15.5. The molecule has 7 nitrogen and oxygen atoms in total. The number of hydrogen-bond acceptors (Lipinski definition) is 5. The maximum Gasteiger partial charge on any atom is 0.205 e. The lowest BCUT2D eigenvalue weighted by molar-refractivity contribution is 0.517. The van der Waals surface area contributed by atoms with Crippen molar-refractivity contribution in [3.63, 3.8) is 0 Å². The van der Waals surface area contributed by atoms with E-state index in [0.717, 1.165) is 53.1 Å². The molecule has 1 atom stereocenters. The van der Waals surface area contributed by atoms with Gasteiger partial charge < -0.3 is 4.57 Å². The van der Waals surface area contributed by atoms with Crippen LogP contribution in [-0.4, -0.2) is 35.2 Å². The van der Waals surface area contributed by atoms with Gasteiger partial charge in [0.2, 0.25) is 5.82 Å². The zero-order chi connectivity index (χ0) is 23.9. The van der Waals surface area contributed by atoms with E-state index >= 15 is 0 Å². The summed E-state index contributed by atoms with van der Waals surface area (Å²) < 4.78 is 2.42. The van der Waals surface area contributed by atoms with Gasteiger partial charge in [0.05, 0.1) is 6.04 Å². The van der Waals surface area contributed by atoms with Crippen molar-refractivity contribution in [3.05, 3.63) is 76.7 Å². The Kier molecular flexibility index (Phi) is 5.40. The number of nitrogens with one attached hydrogen (secondary N) is 1. The van der Waals surface area contributed by atoms with E-state index in [1.807, 2.05) is 6.07 Å². The molecule has 0 aliphatic heterocycles. The number of nitrogens with zero attached hydrogens (tertiary/aromatic N) is 6. The fourth-order valence-corrected chi connectivity index (χ4v) is 5.60. The molecule has 3 aromatic heterocycles. The first-order valence-corrected chi connectivity index (χ1v) is 12.4. The standard InChI is InChI=1S/C28H29N7/c1-4-25-30-26-17(2)15-18(3)29-28(26)35(25)24-12-8-5-9-19-16-20(13-14-22(19)24)21-10-6-7-11-23(21)27-31-33-34-32-27/h6-7,10-11,13-16,24H,4-5,8-9,12H2,1-3H3,(H,31,32,33,34). The minimum Gasteiger partial charge on any atom is -0.305 e. The Bertz CT molecular complexity index is 1510. The molecule has 1 unspecified atom stereocenters. The number of H-pyrrole nitrogens is 1. The van der Waals surface area contributed by atoms with Crippen LogP contribution in [0.15, 0.2) is 48.5 Å². The van der Waals surface area contributed by atoms with Gasteiger partial charge in [-0.2, -0.15) is 5.21 Å². The first kappa shape index (κ1) is 21.6. The Balaban J connectivity index is 1.50. The van der Waals surface area contributed by atoms with Gasteiger partial charge in [0.1, 0.15) is 11.3 Å². The molecule has 1 aliphatic carbocycles. The molecule has 3 heterocycles. The number of aromatic nitrogens is 7. The van der Waals surface area contributed by atoms with Crippen molar-refractivity contribution in [2.75, 3.05) is 0 Å². The second kappa shape index (κ2) is 8.73. The Labute approximate surface area is 204 Å². The predicted molar refractivity (Wildman–Crippen MR) is 137 cm³/mol. The second-order valence-corrected chi connectivity index (χ2v) is 9.46. The molecular formula is C28H29N7. The molecule has 0 bridgehead atoms. The van der Waals surface area contributed by atoms with E-state index in [4.69, 9.17) is 9.97 Å². The van der Waals surface area contributed by atoms with Crippen LogP contribution in [0.3, 0.4) is 0 Å². The molecule has 0 saturated heterocycles. The smallest absolute Gasteiger partial charge is 0.205 e. The van der Waals surface area contributed by atoms with Crippen molar-refractivity contribution in [3.8, 4) is 22.5 Å². The summed E-state index contributed by atoms with van der Waals surface area (Å²) in [6, 6.07) is 17.6. The quantitative estimate of drug-likeness (QED) is 0.342. The fraction of sp³-hybridized carbons (Fsp3) is 0.321. The van der Waals surface area contributed by atoms with Crippen molar-refractivity contribution < 1.29 is 0 Å². The highest BCUT2D eigenvalue weighted by Crippen LogP contribution is 2.38. The van der Waals surface area contributed by atoms with Crippen LogP contribution >= 0.6 is 0 Å². The third-order valence-corrected chi connectivity index (χ3v) is 7.17. The maximum atomic E-state index is 5.03. The molecule has 35 heavy (non-hydrogen) atoms. The van der Waals surface area contributed by atoms with Gasteiger partial charge >= 0.3 is 0 Å². The molecule has 0 radical (unpaired) electrons. The van der Waals surface area contributed by atoms with Crippen molar-refractivity contribution in [2.24, 2.45) is 0 Å². The topological polar surface area (TPSA) is 85.2 Å². The summed E-state index contributed by atoms with van der Waals surface area (Å²) >= 11 is 0. The number of aromatic amines is 1. The summed E-state index contributed by atoms with van der Waals surface area (Å²) in [5, 5.41) is 14.8. The minimum atomic E-state index is 0.239. The summed E-state index contributed by atoms with van der Waals surface area (Å²) in [5.41, 5.74) is 10.4. The molecule has 0 spiro atoms. The lowest BCUT2D eigenvalue weighted by atomic mass is 9.92. The largest absolute Gasteiger partial charge is 0.305 e. The number of hydrogen-bond donors (Lipinski definition) is 1. The van der Waals surface area contributed by atoms with E-state index in [1.165, 1.54) is 35.1 Å². The molecule has 0 amide bonds. The first-order valence-electron chi connectivity index (χ1n) is 12.4. The van der Waals surface area contributed by atoms with Gasteiger partial charge in [-0.15, -0.1) is 10.2 Å². The van der Waals surface area contributed by atoms with E-state index < -0.39 is 0 Å². The number of fused-ring (bicyclic) bond motifs is 2. The normalized spacial score (nSPS) is 15.8. The molecule has 1 aliphatic rings. The maximum absolute atomic E-state index is 5.03. The molecule has 0 saturated carbocycles. The Morgan fingerprint density at radius 1 is 1.00 bits per heavy atom. The number of benzene rings is 2. The van der Waals surface area contributed by atoms with Crippen molar-refractivity contribution in [1.29, 1.82) is 0 Å². The van der Waals surface area contributed by atoms with Crippen molar-refractivity contribution >= 4 is 11.2 Å². The number of pyridine rings is 1. The molecule has 2 aromatic carbocycles. The molecule has 176 valence electrons. The van der Waals surface area contributed by atoms with E-state index in [9.17, 15) is 0 Å². The third kappa shape index (κ3) is 3.71. The monoisotopic (exact) mass is 463 g/mol. The highest BCUT2D eigenvalue weighted by Gasteiger charge is 2.26. The molecule has 1 N–H and O–H groups in total. The van der Waals surface area contributed by atoms with Crippen LogP contribution in [0.2, 0.25) is 0 Å². The van der Waals surface area contributed by atoms with Crippen molar-refractivity contribution in [1.82, 2.24) is 35.2 Å². The average Bonchev–Trinajstić information content (AvgIpc) is 3.48. The van der Waals surface area contributed by atoms with Gasteiger partial charge in [-0.25, -0.2) is 9.97 Å². The highest BCUT2D eigenvalue weighted by molar-refractivity contribution is 5.81. The summed E-state index contributed by atoms with van der Waals surface area (Å²) in [7, 11) is 0. The van der Waals surface area contributed by atoms with Gasteiger partial charge in [0, 0.05) is 17.7 Å². The SMILES string of the molecule is CCc1nc2c(C)cc(C)nc2n1C1CCCCc2cc(-c3ccccc3-c3nn[nH]n3)ccc21. The number of tetrazole rings is 1. The Morgan fingerprint density at radius 2 is 1.86 bits per heavy atom. The predicted octanol–water partition coefficient (Wildman–Crippen LogP) is 5.77.